The highest BCUT2D eigenvalue weighted by molar-refractivity contribution is 5.96. The van der Waals surface area contributed by atoms with E-state index in [0.717, 1.165) is 57.3 Å². The minimum atomic E-state index is -0.610. The molecule has 5 rings (SSSR count). The molecular formula is C30H40N6O4. The van der Waals surface area contributed by atoms with Gasteiger partial charge in [0.1, 0.15) is 0 Å². The van der Waals surface area contributed by atoms with Crippen molar-refractivity contribution in [3.8, 4) is 6.01 Å². The van der Waals surface area contributed by atoms with Crippen LogP contribution in [0.2, 0.25) is 0 Å². The summed E-state index contributed by atoms with van der Waals surface area (Å²) in [6, 6.07) is 10.3. The molecule has 3 N–H and O–H groups in total. The summed E-state index contributed by atoms with van der Waals surface area (Å²) in [5, 5.41) is 3.36. The number of nitrogens with zero attached hydrogens (tertiary/aromatic N) is 4. The summed E-state index contributed by atoms with van der Waals surface area (Å²) in [7, 11) is 0. The van der Waals surface area contributed by atoms with Crippen molar-refractivity contribution in [1.29, 1.82) is 0 Å². The number of ether oxygens (including phenoxy) is 1. The maximum absolute atomic E-state index is 13.4. The Balaban J connectivity index is 1.16. The van der Waals surface area contributed by atoms with E-state index in [2.05, 4.69) is 32.3 Å². The molecule has 0 bridgehead atoms. The summed E-state index contributed by atoms with van der Waals surface area (Å²) in [5.74, 6) is 0.523. The van der Waals surface area contributed by atoms with Gasteiger partial charge in [-0.05, 0) is 50.5 Å². The van der Waals surface area contributed by atoms with Gasteiger partial charge in [0, 0.05) is 38.6 Å². The summed E-state index contributed by atoms with van der Waals surface area (Å²) < 4.78 is 5.23. The van der Waals surface area contributed by atoms with Crippen LogP contribution in [-0.4, -0.2) is 76.8 Å². The Morgan fingerprint density at radius 2 is 1.62 bits per heavy atom. The molecule has 3 amide bonds. The number of primary amides is 1. The molecule has 10 nitrogen and oxygen atoms in total. The number of benzene rings is 1. The second kappa shape index (κ2) is 12.3. The standard InChI is InChI=1S/C30H40N6O4/c1-19-27(20(2)33-30(32-19)40-18-26(31)37)29(39)36-16-23-14-35(15-24(23)17-36)13-12-25(21-8-4-3-5-9-21)34-28(38)22-10-6-7-11-22/h3-5,8-9,22-25H,6-7,10-18H2,1-2H3,(H2,31,37)(H,34,38)/t23?,24?,25-/m0/s1. The molecule has 1 aromatic carbocycles. The first kappa shape index (κ1) is 28.0. The minimum Gasteiger partial charge on any atom is -0.453 e. The largest absolute Gasteiger partial charge is 0.453 e. The van der Waals surface area contributed by atoms with Gasteiger partial charge < -0.3 is 25.6 Å². The van der Waals surface area contributed by atoms with Crippen molar-refractivity contribution in [3.63, 3.8) is 0 Å². The number of carbonyl (C=O) groups excluding carboxylic acids is 3. The normalized spacial score (nSPS) is 21.8. The molecule has 40 heavy (non-hydrogen) atoms. The van der Waals surface area contributed by atoms with Crippen molar-refractivity contribution in [3.05, 3.63) is 52.8 Å². The molecule has 214 valence electrons. The number of likely N-dealkylation sites (tertiary alicyclic amines) is 2. The molecule has 2 aromatic rings. The molecule has 10 heteroatoms. The van der Waals surface area contributed by atoms with Crippen LogP contribution in [0.5, 0.6) is 6.01 Å². The van der Waals surface area contributed by atoms with E-state index >= 15 is 0 Å². The van der Waals surface area contributed by atoms with Gasteiger partial charge in [-0.1, -0.05) is 43.2 Å². The van der Waals surface area contributed by atoms with Gasteiger partial charge in [0.25, 0.3) is 11.8 Å². The molecule has 1 aromatic heterocycles. The van der Waals surface area contributed by atoms with E-state index in [1.165, 1.54) is 0 Å². The van der Waals surface area contributed by atoms with Crippen LogP contribution in [0, 0.1) is 31.6 Å². The third-order valence-electron chi connectivity index (χ3n) is 8.64. The number of amides is 3. The van der Waals surface area contributed by atoms with Crippen molar-refractivity contribution in [1.82, 2.24) is 25.1 Å². The Morgan fingerprint density at radius 1 is 1.00 bits per heavy atom. The maximum atomic E-state index is 13.4. The van der Waals surface area contributed by atoms with Gasteiger partial charge >= 0.3 is 6.01 Å². The molecule has 2 unspecified atom stereocenters. The minimum absolute atomic E-state index is 0.00805. The van der Waals surface area contributed by atoms with Gasteiger partial charge in [0.2, 0.25) is 5.91 Å². The molecule has 3 fully saturated rings. The number of nitrogens with one attached hydrogen (secondary N) is 1. The van der Waals surface area contributed by atoms with Crippen LogP contribution in [0.1, 0.15) is 65.5 Å². The molecule has 2 aliphatic heterocycles. The fourth-order valence-electron chi connectivity index (χ4n) is 6.59. The maximum Gasteiger partial charge on any atom is 0.317 e. The highest BCUT2D eigenvalue weighted by Gasteiger charge is 2.42. The predicted octanol–water partition coefficient (Wildman–Crippen LogP) is 2.40. The Kier molecular flexibility index (Phi) is 8.63. The molecular weight excluding hydrogens is 508 g/mol. The van der Waals surface area contributed by atoms with Gasteiger partial charge in [0.15, 0.2) is 6.61 Å². The zero-order valence-corrected chi connectivity index (χ0v) is 23.5. The van der Waals surface area contributed by atoms with E-state index in [1.54, 1.807) is 13.8 Å². The predicted molar refractivity (Wildman–Crippen MR) is 149 cm³/mol. The molecule has 0 radical (unpaired) electrons. The number of hydrogen-bond donors (Lipinski definition) is 2. The summed E-state index contributed by atoms with van der Waals surface area (Å²) >= 11 is 0. The van der Waals surface area contributed by atoms with Crippen molar-refractivity contribution < 1.29 is 19.1 Å². The van der Waals surface area contributed by atoms with Gasteiger partial charge in [0.05, 0.1) is 23.0 Å². The highest BCUT2D eigenvalue weighted by atomic mass is 16.5. The number of fused-ring (bicyclic) bond motifs is 1. The summed E-state index contributed by atoms with van der Waals surface area (Å²) in [4.78, 5) is 50.3. The van der Waals surface area contributed by atoms with Crippen LogP contribution in [-0.2, 0) is 9.59 Å². The number of carbonyl (C=O) groups is 3. The lowest BCUT2D eigenvalue weighted by Gasteiger charge is -2.26. The van der Waals surface area contributed by atoms with E-state index in [0.29, 0.717) is 41.9 Å². The van der Waals surface area contributed by atoms with Gasteiger partial charge in [-0.3, -0.25) is 14.4 Å². The summed E-state index contributed by atoms with van der Waals surface area (Å²) in [6.07, 6.45) is 5.15. The Bertz CT molecular complexity index is 1190. The fraction of sp³-hybridized carbons (Fsp3) is 0.567. The smallest absolute Gasteiger partial charge is 0.317 e. The van der Waals surface area contributed by atoms with E-state index in [1.807, 2.05) is 23.1 Å². The molecule has 2 saturated heterocycles. The number of aromatic nitrogens is 2. The molecule has 3 atom stereocenters. The number of aryl methyl sites for hydroxylation is 2. The zero-order valence-electron chi connectivity index (χ0n) is 23.5. The summed E-state index contributed by atoms with van der Waals surface area (Å²) in [5.41, 5.74) is 7.84. The lowest BCUT2D eigenvalue weighted by Crippen LogP contribution is -2.37. The Morgan fingerprint density at radius 3 is 2.23 bits per heavy atom. The molecule has 3 heterocycles. The van der Waals surface area contributed by atoms with Crippen molar-refractivity contribution in [2.45, 2.75) is 52.0 Å². The van der Waals surface area contributed by atoms with Crippen LogP contribution in [0.15, 0.2) is 30.3 Å². The molecule has 1 aliphatic carbocycles. The first-order chi connectivity index (χ1) is 19.3. The van der Waals surface area contributed by atoms with Crippen molar-refractivity contribution in [2.24, 2.45) is 23.5 Å². The molecule has 1 saturated carbocycles. The second-order valence-electron chi connectivity index (χ2n) is 11.5. The first-order valence-corrected chi connectivity index (χ1v) is 14.4. The number of rotatable bonds is 10. The lowest BCUT2D eigenvalue weighted by atomic mass is 10.0. The third-order valence-corrected chi connectivity index (χ3v) is 8.64. The lowest BCUT2D eigenvalue weighted by molar-refractivity contribution is -0.125. The van der Waals surface area contributed by atoms with Crippen molar-refractivity contribution in [2.75, 3.05) is 39.3 Å². The van der Waals surface area contributed by atoms with Crippen LogP contribution >= 0.6 is 0 Å². The molecule has 0 spiro atoms. The Labute approximate surface area is 235 Å². The SMILES string of the molecule is Cc1nc(OCC(N)=O)nc(C)c1C(=O)N1CC2CN(CC[C@H](NC(=O)C3CCCC3)c3ccccc3)CC2C1. The highest BCUT2D eigenvalue weighted by Crippen LogP contribution is 2.33. The average molecular weight is 549 g/mol. The van der Waals surface area contributed by atoms with E-state index < -0.39 is 5.91 Å². The van der Waals surface area contributed by atoms with Gasteiger partial charge in [-0.25, -0.2) is 0 Å². The van der Waals surface area contributed by atoms with Gasteiger partial charge in [-0.15, -0.1) is 0 Å². The first-order valence-electron chi connectivity index (χ1n) is 14.4. The van der Waals surface area contributed by atoms with Crippen LogP contribution < -0.4 is 15.8 Å². The third kappa shape index (κ3) is 6.43. The quantitative estimate of drug-likeness (QED) is 0.466. The van der Waals surface area contributed by atoms with Crippen LogP contribution in [0.25, 0.3) is 0 Å². The van der Waals surface area contributed by atoms with Crippen LogP contribution in [0.3, 0.4) is 0 Å². The number of hydrogen-bond acceptors (Lipinski definition) is 7. The zero-order chi connectivity index (χ0) is 28.2. The topological polar surface area (TPSA) is 131 Å². The van der Waals surface area contributed by atoms with E-state index in [9.17, 15) is 14.4 Å². The van der Waals surface area contributed by atoms with E-state index in [4.69, 9.17) is 10.5 Å². The van der Waals surface area contributed by atoms with E-state index in [-0.39, 0.29) is 36.4 Å². The average Bonchev–Trinajstić information content (AvgIpc) is 3.67. The fourth-order valence-corrected chi connectivity index (χ4v) is 6.59. The van der Waals surface area contributed by atoms with Gasteiger partial charge in [-0.2, -0.15) is 9.97 Å². The van der Waals surface area contributed by atoms with Crippen molar-refractivity contribution >= 4 is 17.7 Å². The molecule has 3 aliphatic rings. The monoisotopic (exact) mass is 548 g/mol. The second-order valence-corrected chi connectivity index (χ2v) is 11.5. The van der Waals surface area contributed by atoms with Crippen LogP contribution in [0.4, 0.5) is 0 Å². The number of nitrogens with two attached hydrogens (primary N) is 1. The summed E-state index contributed by atoms with van der Waals surface area (Å²) in [6.45, 7) is 7.42. The Hall–Kier alpha value is -3.53.